The zero-order valence-corrected chi connectivity index (χ0v) is 15.2. The van der Waals surface area contributed by atoms with Crippen LogP contribution in [0.15, 0.2) is 42.5 Å². The van der Waals surface area contributed by atoms with Crippen molar-refractivity contribution >= 4 is 29.1 Å². The fraction of sp³-hybridized carbons (Fsp3) is 0.278. The Balaban J connectivity index is 1.81. The number of hydrogen-bond acceptors (Lipinski definition) is 2. The molecule has 1 unspecified atom stereocenters. The Kier molecular flexibility index (Phi) is 6.91. The molecule has 0 saturated carbocycles. The number of halogens is 2. The number of methoxy groups -OCH3 is 1. The summed E-state index contributed by atoms with van der Waals surface area (Å²) in [6, 6.07) is 13.2. The number of hydrogen-bond donors (Lipinski definition) is 2. The van der Waals surface area contributed by atoms with E-state index in [1.54, 1.807) is 13.2 Å². The number of amides is 1. The van der Waals surface area contributed by atoms with E-state index in [9.17, 15) is 4.79 Å². The van der Waals surface area contributed by atoms with E-state index in [1.807, 2.05) is 43.4 Å². The highest BCUT2D eigenvalue weighted by atomic mass is 35.5. The van der Waals surface area contributed by atoms with E-state index in [0.29, 0.717) is 29.7 Å². The molecule has 24 heavy (non-hydrogen) atoms. The lowest BCUT2D eigenvalue weighted by molar-refractivity contribution is -0.885. The zero-order chi connectivity index (χ0) is 17.5. The lowest BCUT2D eigenvalue weighted by atomic mass is 10.2. The molecule has 0 radical (unpaired) electrons. The van der Waals surface area contributed by atoms with Gasteiger partial charge in [0.1, 0.15) is 12.3 Å². The Hall–Kier alpha value is -1.75. The van der Waals surface area contributed by atoms with E-state index in [1.165, 1.54) is 0 Å². The highest BCUT2D eigenvalue weighted by Crippen LogP contribution is 2.24. The first-order valence-electron chi connectivity index (χ1n) is 7.63. The van der Waals surface area contributed by atoms with Crippen molar-refractivity contribution in [1.82, 2.24) is 5.32 Å². The van der Waals surface area contributed by atoms with Crippen LogP contribution < -0.4 is 15.0 Å². The Labute approximate surface area is 152 Å². The summed E-state index contributed by atoms with van der Waals surface area (Å²) in [5.74, 6) is 0.786. The minimum Gasteiger partial charge on any atom is -0.497 e. The van der Waals surface area contributed by atoms with Crippen molar-refractivity contribution in [2.75, 3.05) is 20.7 Å². The number of rotatable bonds is 7. The highest BCUT2D eigenvalue weighted by Gasteiger charge is 2.13. The molecule has 0 aliphatic carbocycles. The third kappa shape index (κ3) is 5.41. The average molecular weight is 368 g/mol. The minimum atomic E-state index is -0.0125. The fourth-order valence-electron chi connectivity index (χ4n) is 2.35. The fourth-order valence-corrected chi connectivity index (χ4v) is 2.74. The molecule has 6 heteroatoms. The van der Waals surface area contributed by atoms with Crippen LogP contribution in [0.4, 0.5) is 0 Å². The van der Waals surface area contributed by atoms with Gasteiger partial charge in [0.05, 0.1) is 24.2 Å². The van der Waals surface area contributed by atoms with Gasteiger partial charge in [-0.25, -0.2) is 0 Å². The molecule has 2 N–H and O–H groups in total. The van der Waals surface area contributed by atoms with Crippen molar-refractivity contribution in [2.24, 2.45) is 0 Å². The number of carbonyl (C=O) groups is 1. The highest BCUT2D eigenvalue weighted by molar-refractivity contribution is 6.42. The van der Waals surface area contributed by atoms with Crippen molar-refractivity contribution < 1.29 is 14.4 Å². The topological polar surface area (TPSA) is 42.8 Å². The molecule has 0 bridgehead atoms. The second kappa shape index (κ2) is 8.92. The lowest BCUT2D eigenvalue weighted by Gasteiger charge is -2.15. The van der Waals surface area contributed by atoms with Crippen LogP contribution in [-0.4, -0.2) is 26.6 Å². The van der Waals surface area contributed by atoms with Crippen LogP contribution in [0.3, 0.4) is 0 Å². The molecule has 4 nitrogen and oxygen atoms in total. The number of carbonyl (C=O) groups excluding carboxylic acids is 1. The molecule has 0 aromatic heterocycles. The summed E-state index contributed by atoms with van der Waals surface area (Å²) in [7, 11) is 3.58. The van der Waals surface area contributed by atoms with Gasteiger partial charge in [0.2, 0.25) is 0 Å². The third-order valence-electron chi connectivity index (χ3n) is 3.63. The first-order chi connectivity index (χ1) is 11.5. The quantitative estimate of drug-likeness (QED) is 0.788. The van der Waals surface area contributed by atoms with Crippen molar-refractivity contribution in [3.63, 3.8) is 0 Å². The maximum Gasteiger partial charge on any atom is 0.275 e. The van der Waals surface area contributed by atoms with Gasteiger partial charge in [-0.3, -0.25) is 4.79 Å². The number of benzene rings is 2. The Morgan fingerprint density at radius 2 is 1.88 bits per heavy atom. The van der Waals surface area contributed by atoms with Gasteiger partial charge in [-0.1, -0.05) is 47.5 Å². The zero-order valence-electron chi connectivity index (χ0n) is 13.7. The average Bonchev–Trinajstić information content (AvgIpc) is 2.57. The molecule has 0 saturated heterocycles. The standard InChI is InChI=1S/C18H20Cl2N2O2/c1-22(11-14-4-3-5-16(19)18(14)20)12-17(23)21-10-13-6-8-15(24-2)9-7-13/h3-9H,10-12H2,1-2H3,(H,21,23)/p+1. The SMILES string of the molecule is COc1ccc(CNC(=O)C[NH+](C)Cc2cccc(Cl)c2Cl)cc1. The molecular weight excluding hydrogens is 347 g/mol. The second-order valence-corrected chi connectivity index (χ2v) is 6.43. The molecule has 2 rings (SSSR count). The first kappa shape index (κ1) is 18.6. The van der Waals surface area contributed by atoms with E-state index in [2.05, 4.69) is 5.32 Å². The summed E-state index contributed by atoms with van der Waals surface area (Å²) < 4.78 is 5.11. The Morgan fingerprint density at radius 1 is 1.17 bits per heavy atom. The molecule has 2 aromatic rings. The predicted octanol–water partition coefficient (Wildman–Crippen LogP) is 2.33. The van der Waals surface area contributed by atoms with Crippen LogP contribution in [0.5, 0.6) is 5.75 Å². The first-order valence-corrected chi connectivity index (χ1v) is 8.39. The molecule has 0 spiro atoms. The van der Waals surface area contributed by atoms with Crippen molar-refractivity contribution in [3.8, 4) is 5.75 Å². The maximum atomic E-state index is 12.1. The molecule has 0 heterocycles. The number of quaternary nitrogens is 1. The van der Waals surface area contributed by atoms with Crippen LogP contribution in [0.1, 0.15) is 11.1 Å². The third-order valence-corrected chi connectivity index (χ3v) is 4.49. The van der Waals surface area contributed by atoms with Crippen LogP contribution in [-0.2, 0) is 17.9 Å². The molecule has 0 aliphatic heterocycles. The molecular formula is C18H21Cl2N2O2+. The van der Waals surface area contributed by atoms with Gasteiger partial charge in [0.15, 0.2) is 6.54 Å². The second-order valence-electron chi connectivity index (χ2n) is 5.65. The van der Waals surface area contributed by atoms with Gasteiger partial charge in [0, 0.05) is 12.1 Å². The minimum absolute atomic E-state index is 0.0125. The van der Waals surface area contributed by atoms with Crippen LogP contribution >= 0.6 is 23.2 Å². The van der Waals surface area contributed by atoms with E-state index in [4.69, 9.17) is 27.9 Å². The van der Waals surface area contributed by atoms with Crippen LogP contribution in [0.25, 0.3) is 0 Å². The lowest BCUT2D eigenvalue weighted by Crippen LogP contribution is -3.08. The normalized spacial score (nSPS) is 11.8. The summed E-state index contributed by atoms with van der Waals surface area (Å²) in [5.41, 5.74) is 1.96. The van der Waals surface area contributed by atoms with Gasteiger partial charge >= 0.3 is 0 Å². The van der Waals surface area contributed by atoms with E-state index in [0.717, 1.165) is 21.8 Å². The van der Waals surface area contributed by atoms with Gasteiger partial charge in [-0.2, -0.15) is 0 Å². The molecule has 128 valence electrons. The Morgan fingerprint density at radius 3 is 2.54 bits per heavy atom. The summed E-state index contributed by atoms with van der Waals surface area (Å²) in [4.78, 5) is 13.1. The predicted molar refractivity (Wildman–Crippen MR) is 96.8 cm³/mol. The number of likely N-dealkylation sites (N-methyl/N-ethyl adjacent to an activating group) is 1. The number of nitrogens with one attached hydrogen (secondary N) is 2. The van der Waals surface area contributed by atoms with Crippen molar-refractivity contribution in [1.29, 1.82) is 0 Å². The molecule has 1 amide bonds. The van der Waals surface area contributed by atoms with Crippen molar-refractivity contribution in [2.45, 2.75) is 13.1 Å². The van der Waals surface area contributed by atoms with E-state index >= 15 is 0 Å². The summed E-state index contributed by atoms with van der Waals surface area (Å²) in [6.07, 6.45) is 0. The molecule has 0 fully saturated rings. The van der Waals surface area contributed by atoms with Gasteiger partial charge in [-0.05, 0) is 23.8 Å². The van der Waals surface area contributed by atoms with Gasteiger partial charge < -0.3 is 15.0 Å². The smallest absolute Gasteiger partial charge is 0.275 e. The summed E-state index contributed by atoms with van der Waals surface area (Å²) >= 11 is 12.2. The number of ether oxygens (including phenoxy) is 1. The summed E-state index contributed by atoms with van der Waals surface area (Å²) in [6.45, 7) is 1.49. The molecule has 1 atom stereocenters. The van der Waals surface area contributed by atoms with Gasteiger partial charge in [0.25, 0.3) is 5.91 Å². The molecule has 0 aliphatic rings. The largest absolute Gasteiger partial charge is 0.497 e. The van der Waals surface area contributed by atoms with Crippen molar-refractivity contribution in [3.05, 3.63) is 63.6 Å². The monoisotopic (exact) mass is 367 g/mol. The van der Waals surface area contributed by atoms with Crippen LogP contribution in [0.2, 0.25) is 10.0 Å². The summed E-state index contributed by atoms with van der Waals surface area (Å²) in [5, 5.41) is 4.01. The van der Waals surface area contributed by atoms with Gasteiger partial charge in [-0.15, -0.1) is 0 Å². The van der Waals surface area contributed by atoms with Crippen LogP contribution in [0, 0.1) is 0 Å². The van der Waals surface area contributed by atoms with E-state index < -0.39 is 0 Å². The van der Waals surface area contributed by atoms with E-state index in [-0.39, 0.29) is 5.91 Å². The maximum absolute atomic E-state index is 12.1. The molecule has 2 aromatic carbocycles. The Bertz CT molecular complexity index is 690.